The van der Waals surface area contributed by atoms with Crippen LogP contribution in [0.25, 0.3) is 5.82 Å². The maximum atomic E-state index is 12.8. The zero-order valence-corrected chi connectivity index (χ0v) is 19.9. The summed E-state index contributed by atoms with van der Waals surface area (Å²) in [6.07, 6.45) is 5.28. The van der Waals surface area contributed by atoms with Crippen LogP contribution in [0.1, 0.15) is 46.6 Å². The first-order valence-electron chi connectivity index (χ1n) is 9.81. The molecule has 2 amide bonds. The van der Waals surface area contributed by atoms with E-state index in [-0.39, 0.29) is 33.0 Å². The summed E-state index contributed by atoms with van der Waals surface area (Å²) >= 11 is 6.00. The van der Waals surface area contributed by atoms with Gasteiger partial charge in [-0.1, -0.05) is 11.6 Å². The molecule has 11 nitrogen and oxygen atoms in total. The van der Waals surface area contributed by atoms with Crippen molar-refractivity contribution in [2.75, 3.05) is 19.8 Å². The minimum atomic E-state index is -3.55. The van der Waals surface area contributed by atoms with Gasteiger partial charge in [-0.05, 0) is 32.0 Å². The second-order valence-corrected chi connectivity index (χ2v) is 9.69. The molecule has 3 aromatic rings. The van der Waals surface area contributed by atoms with Crippen molar-refractivity contribution in [1.29, 1.82) is 0 Å². The van der Waals surface area contributed by atoms with Crippen molar-refractivity contribution in [3.05, 3.63) is 59.0 Å². The van der Waals surface area contributed by atoms with E-state index in [4.69, 9.17) is 11.6 Å². The van der Waals surface area contributed by atoms with Gasteiger partial charge in [0.15, 0.2) is 15.7 Å². The van der Waals surface area contributed by atoms with E-state index in [0.29, 0.717) is 12.2 Å². The first-order valence-corrected chi connectivity index (χ1v) is 12.1. The standard InChI is InChI=1S/C20H22ClN7O4S/c1-5-27(3)20(30)17-24-11-28(26-17)18-16(22-6-7-23-18)12(2)25-19(29)13-8-14(21)10-15(9-13)33(4,31)32/h6-12H,5H2,1-4H3,(H,25,29). The molecular formula is C20H22ClN7O4S. The average Bonchev–Trinajstić information content (AvgIpc) is 3.27. The lowest BCUT2D eigenvalue weighted by Crippen LogP contribution is -2.29. The third kappa shape index (κ3) is 5.52. The van der Waals surface area contributed by atoms with Gasteiger partial charge in [0.05, 0.1) is 10.9 Å². The zero-order chi connectivity index (χ0) is 24.3. The van der Waals surface area contributed by atoms with Gasteiger partial charge < -0.3 is 10.2 Å². The monoisotopic (exact) mass is 491 g/mol. The van der Waals surface area contributed by atoms with E-state index in [1.807, 2.05) is 6.92 Å². The van der Waals surface area contributed by atoms with E-state index in [0.717, 1.165) is 6.26 Å². The largest absolute Gasteiger partial charge is 0.344 e. The molecule has 0 saturated carbocycles. The summed E-state index contributed by atoms with van der Waals surface area (Å²) in [5.74, 6) is -0.616. The number of benzene rings is 1. The summed E-state index contributed by atoms with van der Waals surface area (Å²) in [6, 6.07) is 3.25. The number of halogens is 1. The lowest BCUT2D eigenvalue weighted by atomic mass is 10.1. The summed E-state index contributed by atoms with van der Waals surface area (Å²) in [6.45, 7) is 4.01. The Labute approximate surface area is 195 Å². The van der Waals surface area contributed by atoms with Crippen molar-refractivity contribution in [3.63, 3.8) is 0 Å². The maximum absolute atomic E-state index is 12.8. The van der Waals surface area contributed by atoms with Gasteiger partial charge in [-0.2, -0.15) is 4.68 Å². The molecule has 2 heterocycles. The Morgan fingerprint density at radius 2 is 1.88 bits per heavy atom. The SMILES string of the molecule is CCN(C)C(=O)c1ncn(-c2nccnc2C(C)NC(=O)c2cc(Cl)cc(S(C)(=O)=O)c2)n1. The number of aromatic nitrogens is 5. The quantitative estimate of drug-likeness (QED) is 0.526. The molecule has 33 heavy (non-hydrogen) atoms. The Balaban J connectivity index is 1.88. The number of sulfone groups is 1. The highest BCUT2D eigenvalue weighted by atomic mass is 35.5. The highest BCUT2D eigenvalue weighted by Gasteiger charge is 2.22. The van der Waals surface area contributed by atoms with Gasteiger partial charge in [0.1, 0.15) is 12.0 Å². The Morgan fingerprint density at radius 1 is 1.18 bits per heavy atom. The van der Waals surface area contributed by atoms with Gasteiger partial charge in [0.25, 0.3) is 11.8 Å². The minimum Gasteiger partial charge on any atom is -0.344 e. The van der Waals surface area contributed by atoms with Gasteiger partial charge in [0, 0.05) is 42.8 Å². The minimum absolute atomic E-state index is 0.000117. The summed E-state index contributed by atoms with van der Waals surface area (Å²) < 4.78 is 25.0. The highest BCUT2D eigenvalue weighted by Crippen LogP contribution is 2.21. The summed E-state index contributed by atoms with van der Waals surface area (Å²) in [4.78, 5) is 39.1. The molecule has 0 spiro atoms. The third-order valence-electron chi connectivity index (χ3n) is 4.75. The Kier molecular flexibility index (Phi) is 7.08. The molecule has 0 saturated heterocycles. The molecule has 1 N–H and O–H groups in total. The first-order chi connectivity index (χ1) is 15.5. The molecule has 1 aromatic carbocycles. The molecule has 13 heteroatoms. The number of hydrogen-bond donors (Lipinski definition) is 1. The van der Waals surface area contributed by atoms with Crippen molar-refractivity contribution in [3.8, 4) is 5.82 Å². The molecule has 3 rings (SSSR count). The maximum Gasteiger partial charge on any atom is 0.293 e. The normalized spacial score (nSPS) is 12.3. The number of carbonyl (C=O) groups is 2. The number of nitrogens with zero attached hydrogens (tertiary/aromatic N) is 6. The van der Waals surface area contributed by atoms with Gasteiger partial charge in [0.2, 0.25) is 5.82 Å². The smallest absolute Gasteiger partial charge is 0.293 e. The van der Waals surface area contributed by atoms with Crippen molar-refractivity contribution < 1.29 is 18.0 Å². The van der Waals surface area contributed by atoms with Crippen LogP contribution in [0.2, 0.25) is 5.02 Å². The van der Waals surface area contributed by atoms with Crippen LogP contribution >= 0.6 is 11.6 Å². The molecule has 0 aliphatic heterocycles. The Hall–Kier alpha value is -3.38. The number of amides is 2. The molecule has 174 valence electrons. The van der Waals surface area contributed by atoms with Crippen LogP contribution in [0.3, 0.4) is 0 Å². The van der Waals surface area contributed by atoms with Crippen molar-refractivity contribution in [1.82, 2.24) is 34.9 Å². The van der Waals surface area contributed by atoms with E-state index in [9.17, 15) is 18.0 Å². The van der Waals surface area contributed by atoms with Crippen LogP contribution in [-0.4, -0.2) is 69.7 Å². The van der Waals surface area contributed by atoms with Crippen LogP contribution in [0.4, 0.5) is 0 Å². The second kappa shape index (κ2) is 9.63. The van der Waals surface area contributed by atoms with E-state index in [1.165, 1.54) is 46.5 Å². The van der Waals surface area contributed by atoms with Crippen molar-refractivity contribution in [2.45, 2.75) is 24.8 Å². The van der Waals surface area contributed by atoms with E-state index >= 15 is 0 Å². The van der Waals surface area contributed by atoms with Gasteiger partial charge in [-0.3, -0.25) is 14.6 Å². The lowest BCUT2D eigenvalue weighted by Gasteiger charge is -2.16. The zero-order valence-electron chi connectivity index (χ0n) is 18.4. The Bertz CT molecular complexity index is 1310. The van der Waals surface area contributed by atoms with E-state index < -0.39 is 21.8 Å². The van der Waals surface area contributed by atoms with Crippen molar-refractivity contribution in [2.24, 2.45) is 0 Å². The summed E-state index contributed by atoms with van der Waals surface area (Å²) in [5.41, 5.74) is 0.445. The lowest BCUT2D eigenvalue weighted by molar-refractivity contribution is 0.0790. The van der Waals surface area contributed by atoms with Crippen LogP contribution in [0.15, 0.2) is 41.8 Å². The predicted octanol–water partition coefficient (Wildman–Crippen LogP) is 1.70. The van der Waals surface area contributed by atoms with Crippen LogP contribution in [-0.2, 0) is 9.84 Å². The number of carbonyl (C=O) groups excluding carboxylic acids is 2. The average molecular weight is 492 g/mol. The summed E-state index contributed by atoms with van der Waals surface area (Å²) in [7, 11) is -1.92. The van der Waals surface area contributed by atoms with E-state index in [1.54, 1.807) is 14.0 Å². The third-order valence-corrected chi connectivity index (χ3v) is 6.06. The molecule has 0 radical (unpaired) electrons. The molecule has 0 bridgehead atoms. The number of rotatable bonds is 7. The van der Waals surface area contributed by atoms with Gasteiger partial charge >= 0.3 is 0 Å². The Morgan fingerprint density at radius 3 is 2.55 bits per heavy atom. The fourth-order valence-electron chi connectivity index (χ4n) is 2.86. The molecule has 1 atom stereocenters. The van der Waals surface area contributed by atoms with E-state index in [2.05, 4.69) is 25.4 Å². The topological polar surface area (TPSA) is 140 Å². The first kappa shape index (κ1) is 24.3. The molecule has 1 unspecified atom stereocenters. The predicted molar refractivity (Wildman–Crippen MR) is 120 cm³/mol. The number of hydrogen-bond acceptors (Lipinski definition) is 8. The molecule has 0 aliphatic rings. The van der Waals surface area contributed by atoms with Crippen LogP contribution < -0.4 is 5.32 Å². The molecule has 0 aliphatic carbocycles. The fourth-order valence-corrected chi connectivity index (χ4v) is 3.84. The fraction of sp³-hybridized carbons (Fsp3) is 0.300. The molecule has 2 aromatic heterocycles. The summed E-state index contributed by atoms with van der Waals surface area (Å²) in [5, 5.41) is 7.07. The molecule has 0 fully saturated rings. The molecular weight excluding hydrogens is 470 g/mol. The highest BCUT2D eigenvalue weighted by molar-refractivity contribution is 7.90. The van der Waals surface area contributed by atoms with Gasteiger partial charge in [-0.25, -0.2) is 18.4 Å². The van der Waals surface area contributed by atoms with Gasteiger partial charge in [-0.15, -0.1) is 5.10 Å². The van der Waals surface area contributed by atoms with Crippen LogP contribution in [0, 0.1) is 0 Å². The van der Waals surface area contributed by atoms with Crippen LogP contribution in [0.5, 0.6) is 0 Å². The number of nitrogens with one attached hydrogen (secondary N) is 1. The second-order valence-electron chi connectivity index (χ2n) is 7.24. The van der Waals surface area contributed by atoms with Crippen molar-refractivity contribution >= 4 is 33.3 Å².